The third-order valence-electron chi connectivity index (χ3n) is 11.0. The number of carbonyl (C=O) groups is 1. The van der Waals surface area contributed by atoms with Crippen molar-refractivity contribution in [3.8, 4) is 17.9 Å². The van der Waals surface area contributed by atoms with Gasteiger partial charge in [0.25, 0.3) is 5.91 Å². The second-order valence-corrected chi connectivity index (χ2v) is 15.3. The van der Waals surface area contributed by atoms with E-state index in [1.165, 1.54) is 11.8 Å². The first-order chi connectivity index (χ1) is 25.6. The van der Waals surface area contributed by atoms with Crippen LogP contribution >= 0.6 is 0 Å². The molecule has 0 aliphatic carbocycles. The third-order valence-corrected chi connectivity index (χ3v) is 11.0. The molecule has 0 bridgehead atoms. The molecule has 54 heavy (non-hydrogen) atoms. The van der Waals surface area contributed by atoms with Gasteiger partial charge in [0, 0.05) is 62.4 Å². The van der Waals surface area contributed by atoms with E-state index < -0.39 is 40.5 Å². The quantitative estimate of drug-likeness (QED) is 0.134. The Bertz CT molecular complexity index is 2070. The second-order valence-electron chi connectivity index (χ2n) is 15.3. The number of aryl methyl sites for hydroxylation is 1. The number of carbonyl (C=O) groups excluding carboxylic acids is 1. The van der Waals surface area contributed by atoms with Crippen molar-refractivity contribution < 1.29 is 31.8 Å². The summed E-state index contributed by atoms with van der Waals surface area (Å²) >= 11 is 0. The molecule has 0 saturated carbocycles. The molecule has 4 aliphatic heterocycles. The Labute approximate surface area is 312 Å². The van der Waals surface area contributed by atoms with E-state index in [9.17, 15) is 18.0 Å². The predicted octanol–water partition coefficient (Wildman–Crippen LogP) is 6.01. The lowest BCUT2D eigenvalue weighted by molar-refractivity contribution is -0.140. The average Bonchev–Trinajstić information content (AvgIpc) is 3.71. The first-order valence-corrected chi connectivity index (χ1v) is 18.4. The Balaban J connectivity index is 1.32. The van der Waals surface area contributed by atoms with Crippen molar-refractivity contribution in [1.82, 2.24) is 29.5 Å². The highest BCUT2D eigenvalue weighted by molar-refractivity contribution is 5.94. The minimum Gasteiger partial charge on any atom is -0.461 e. The van der Waals surface area contributed by atoms with Crippen LogP contribution in [-0.2, 0) is 37.0 Å². The minimum atomic E-state index is -4.94. The summed E-state index contributed by atoms with van der Waals surface area (Å²) in [7, 11) is 3.39. The fourth-order valence-electron chi connectivity index (χ4n) is 8.62. The number of rotatable bonds is 7. The third kappa shape index (κ3) is 6.68. The lowest BCUT2D eigenvalue weighted by Crippen LogP contribution is -2.43. The van der Waals surface area contributed by atoms with E-state index in [0.29, 0.717) is 55.4 Å². The SMILES string of the molecule is C=C1CN2CCC[C@]2(COc2nc3c(c(N4CCCn5nc(C(=O)N(C)C)c(C(C)C)c5C4)n2)CO[C@@H](c2c(F)c(N)cc(C#CC)c2C(F)(F)F)C3)C1. The lowest BCUT2D eigenvalue weighted by atomic mass is 9.90. The number of hydrogen-bond donors (Lipinski definition) is 1. The van der Waals surface area contributed by atoms with E-state index >= 15 is 4.39 Å². The van der Waals surface area contributed by atoms with Gasteiger partial charge in [0.1, 0.15) is 12.4 Å². The van der Waals surface area contributed by atoms with Gasteiger partial charge >= 0.3 is 12.2 Å². The normalized spacial score (nSPS) is 21.3. The summed E-state index contributed by atoms with van der Waals surface area (Å²) in [5.74, 6) is 4.05. The number of nitrogen functional groups attached to an aromatic ring is 1. The van der Waals surface area contributed by atoms with Crippen molar-refractivity contribution in [2.24, 2.45) is 0 Å². The van der Waals surface area contributed by atoms with Gasteiger partial charge in [-0.3, -0.25) is 14.4 Å². The maximum absolute atomic E-state index is 15.8. The number of anilines is 2. The monoisotopic (exact) mass is 750 g/mol. The molecule has 0 radical (unpaired) electrons. The molecule has 0 spiro atoms. The maximum atomic E-state index is 15.8. The zero-order valence-corrected chi connectivity index (χ0v) is 31.4. The van der Waals surface area contributed by atoms with E-state index in [0.717, 1.165) is 55.2 Å². The number of nitrogens with two attached hydrogens (primary N) is 1. The van der Waals surface area contributed by atoms with Gasteiger partial charge in [-0.15, -0.1) is 5.92 Å². The summed E-state index contributed by atoms with van der Waals surface area (Å²) in [4.78, 5) is 29.0. The van der Waals surface area contributed by atoms with Crippen LogP contribution in [0, 0.1) is 17.7 Å². The number of aromatic nitrogens is 4. The number of benzene rings is 1. The van der Waals surface area contributed by atoms with Crippen LogP contribution < -0.4 is 15.4 Å². The van der Waals surface area contributed by atoms with Gasteiger partial charge in [0.2, 0.25) is 0 Å². The highest BCUT2D eigenvalue weighted by Gasteiger charge is 2.47. The van der Waals surface area contributed by atoms with E-state index in [4.69, 9.17) is 30.3 Å². The molecule has 4 aliphatic rings. The minimum absolute atomic E-state index is 0.0111. The molecule has 15 heteroatoms. The molecule has 2 aromatic heterocycles. The standard InChI is InChI=1S/C39H46F4N8O3/c1-7-10-24-15-26(44)33(40)31(32(24)39(41,42)43)29-16-27-25(20-53-29)35(46-37(45-27)54-21-38-11-8-13-50(38)18-23(4)17-38)49-12-9-14-51-28(19-49)30(22(2)3)34(47-51)36(52)48(5)6/h15,22,29H,4,8-9,11-14,16-21,44H2,1-3,5-6H3/t29-,38-/m1/s1. The molecule has 1 amide bonds. The summed E-state index contributed by atoms with van der Waals surface area (Å²) in [5, 5.41) is 4.76. The maximum Gasteiger partial charge on any atom is 0.418 e. The van der Waals surface area contributed by atoms with Gasteiger partial charge in [-0.2, -0.15) is 28.2 Å². The van der Waals surface area contributed by atoms with Gasteiger partial charge < -0.3 is 25.0 Å². The summed E-state index contributed by atoms with van der Waals surface area (Å²) in [6, 6.07) is 0.993. The number of fused-ring (bicyclic) bond motifs is 3. The van der Waals surface area contributed by atoms with Crippen molar-refractivity contribution in [2.45, 2.75) is 96.3 Å². The van der Waals surface area contributed by atoms with Crippen LogP contribution in [0.15, 0.2) is 18.2 Å². The summed E-state index contributed by atoms with van der Waals surface area (Å²) < 4.78 is 74.3. The highest BCUT2D eigenvalue weighted by atomic mass is 19.4. The number of hydrogen-bond acceptors (Lipinski definition) is 9. The van der Waals surface area contributed by atoms with Crippen LogP contribution in [-0.4, -0.2) is 81.3 Å². The molecular formula is C39H46F4N8O3. The molecule has 11 nitrogen and oxygen atoms in total. The lowest BCUT2D eigenvalue weighted by Gasteiger charge is -2.33. The van der Waals surface area contributed by atoms with Gasteiger partial charge in [-0.25, -0.2) is 4.39 Å². The molecule has 6 heterocycles. The molecule has 2 fully saturated rings. The zero-order chi connectivity index (χ0) is 38.7. The number of nitrogens with zero attached hydrogens (tertiary/aromatic N) is 7. The Hall–Kier alpha value is -4.68. The number of ether oxygens (including phenoxy) is 2. The summed E-state index contributed by atoms with van der Waals surface area (Å²) in [6.07, 6.45) is -3.08. The van der Waals surface area contributed by atoms with Crippen molar-refractivity contribution in [2.75, 3.05) is 51.0 Å². The van der Waals surface area contributed by atoms with Crippen LogP contribution in [0.25, 0.3) is 0 Å². The largest absolute Gasteiger partial charge is 0.461 e. The smallest absolute Gasteiger partial charge is 0.418 e. The van der Waals surface area contributed by atoms with E-state index in [1.807, 2.05) is 18.5 Å². The van der Waals surface area contributed by atoms with Crippen molar-refractivity contribution in [1.29, 1.82) is 0 Å². The van der Waals surface area contributed by atoms with Crippen molar-refractivity contribution >= 4 is 17.4 Å². The van der Waals surface area contributed by atoms with E-state index in [-0.39, 0.29) is 36.4 Å². The fraction of sp³-hybridized carbons (Fsp3) is 0.538. The molecule has 288 valence electrons. The Morgan fingerprint density at radius 3 is 2.69 bits per heavy atom. The van der Waals surface area contributed by atoms with Crippen LogP contribution in [0.2, 0.25) is 0 Å². The molecule has 2 N–H and O–H groups in total. The summed E-state index contributed by atoms with van der Waals surface area (Å²) in [6.45, 7) is 13.0. The first kappa shape index (κ1) is 37.6. The molecule has 0 unspecified atom stereocenters. The zero-order valence-electron chi connectivity index (χ0n) is 31.4. The molecular weight excluding hydrogens is 704 g/mol. The molecule has 7 rings (SSSR count). The average molecular weight is 751 g/mol. The van der Waals surface area contributed by atoms with Gasteiger partial charge in [0.05, 0.1) is 47.4 Å². The van der Waals surface area contributed by atoms with E-state index in [1.54, 1.807) is 14.1 Å². The van der Waals surface area contributed by atoms with E-state index in [2.05, 4.69) is 28.2 Å². The van der Waals surface area contributed by atoms with Crippen LogP contribution in [0.3, 0.4) is 0 Å². The number of amides is 1. The topological polar surface area (TPSA) is 115 Å². The van der Waals surface area contributed by atoms with Crippen LogP contribution in [0.1, 0.15) is 108 Å². The van der Waals surface area contributed by atoms with Crippen molar-refractivity contribution in [3.05, 3.63) is 68.9 Å². The van der Waals surface area contributed by atoms with Gasteiger partial charge in [-0.05, 0) is 51.1 Å². The first-order valence-electron chi connectivity index (χ1n) is 18.4. The molecule has 2 atom stereocenters. The number of halogens is 4. The van der Waals surface area contributed by atoms with Crippen LogP contribution in [0.4, 0.5) is 29.1 Å². The number of alkyl halides is 3. The van der Waals surface area contributed by atoms with Crippen molar-refractivity contribution in [3.63, 3.8) is 0 Å². The fourth-order valence-corrected chi connectivity index (χ4v) is 8.62. The van der Waals surface area contributed by atoms with Gasteiger partial charge in [-0.1, -0.05) is 31.9 Å². The Morgan fingerprint density at radius 1 is 1.20 bits per heavy atom. The molecule has 1 aromatic carbocycles. The summed E-state index contributed by atoms with van der Waals surface area (Å²) in [5.41, 5.74) is 7.14. The Kier molecular flexibility index (Phi) is 9.89. The predicted molar refractivity (Wildman–Crippen MR) is 194 cm³/mol. The van der Waals surface area contributed by atoms with Gasteiger partial charge in [0.15, 0.2) is 11.5 Å². The second kappa shape index (κ2) is 14.2. The molecule has 3 aromatic rings. The van der Waals surface area contributed by atoms with Crippen LogP contribution in [0.5, 0.6) is 6.01 Å². The Morgan fingerprint density at radius 2 is 1.98 bits per heavy atom. The molecule has 2 saturated heterocycles. The highest BCUT2D eigenvalue weighted by Crippen LogP contribution is 2.45.